The van der Waals surface area contributed by atoms with Gasteiger partial charge in [0.05, 0.1) is 19.2 Å². The molecule has 4 heteroatoms. The molecule has 0 aromatic heterocycles. The smallest absolute Gasteiger partial charge is 0.191 e. The van der Waals surface area contributed by atoms with Crippen molar-refractivity contribution in [1.82, 2.24) is 4.90 Å². The molecule has 0 amide bonds. The summed E-state index contributed by atoms with van der Waals surface area (Å²) in [6.45, 7) is 7.07. The van der Waals surface area contributed by atoms with Crippen LogP contribution in [0.5, 0.6) is 0 Å². The molecule has 0 aliphatic carbocycles. The third-order valence-electron chi connectivity index (χ3n) is 3.87. The van der Waals surface area contributed by atoms with E-state index in [1.807, 2.05) is 0 Å². The van der Waals surface area contributed by atoms with E-state index in [0.29, 0.717) is 18.0 Å². The topological polar surface area (TPSA) is 50.8 Å². The minimum absolute atomic E-state index is 0.468. The number of guanidine groups is 1. The van der Waals surface area contributed by atoms with Crippen LogP contribution in [0.4, 0.5) is 0 Å². The molecule has 4 nitrogen and oxygen atoms in total. The van der Waals surface area contributed by atoms with Crippen molar-refractivity contribution in [2.24, 2.45) is 16.6 Å². The maximum absolute atomic E-state index is 5.99. The van der Waals surface area contributed by atoms with E-state index in [2.05, 4.69) is 23.7 Å². The number of nitrogens with zero attached hydrogens (tertiary/aromatic N) is 2. The third kappa shape index (κ3) is 2.17. The van der Waals surface area contributed by atoms with Gasteiger partial charge in [-0.1, -0.05) is 6.92 Å². The lowest BCUT2D eigenvalue weighted by atomic mass is 9.92. The van der Waals surface area contributed by atoms with Gasteiger partial charge in [0.1, 0.15) is 0 Å². The number of nitrogens with two attached hydrogens (primary N) is 1. The van der Waals surface area contributed by atoms with Crippen LogP contribution >= 0.6 is 0 Å². The van der Waals surface area contributed by atoms with Crippen LogP contribution in [0.25, 0.3) is 0 Å². The summed E-state index contributed by atoms with van der Waals surface area (Å²) in [6.07, 6.45) is 3.54. The summed E-state index contributed by atoms with van der Waals surface area (Å²) in [6, 6.07) is 0.952. The molecule has 2 N–H and O–H groups in total. The first-order chi connectivity index (χ1) is 7.74. The zero-order valence-corrected chi connectivity index (χ0v) is 10.4. The molecule has 0 saturated carbocycles. The highest BCUT2D eigenvalue weighted by Gasteiger charge is 2.35. The van der Waals surface area contributed by atoms with Gasteiger partial charge in [-0.25, -0.2) is 0 Å². The van der Waals surface area contributed by atoms with Gasteiger partial charge in [0, 0.05) is 18.6 Å². The molecule has 1 saturated heterocycles. The van der Waals surface area contributed by atoms with E-state index in [4.69, 9.17) is 10.5 Å². The fraction of sp³-hybridized carbons (Fsp3) is 0.917. The number of hydrogen-bond acceptors (Lipinski definition) is 4. The molecule has 2 heterocycles. The first-order valence-electron chi connectivity index (χ1n) is 6.40. The minimum atomic E-state index is 0.468. The van der Waals surface area contributed by atoms with Crippen LogP contribution < -0.4 is 5.73 Å². The molecule has 1 fully saturated rings. The van der Waals surface area contributed by atoms with Crippen molar-refractivity contribution in [2.45, 2.75) is 45.2 Å². The van der Waals surface area contributed by atoms with Crippen LogP contribution in [-0.2, 0) is 4.74 Å². The van der Waals surface area contributed by atoms with E-state index < -0.39 is 0 Å². The van der Waals surface area contributed by atoms with E-state index in [-0.39, 0.29) is 0 Å². The lowest BCUT2D eigenvalue weighted by molar-refractivity contribution is 0.0234. The van der Waals surface area contributed by atoms with Gasteiger partial charge in [0.2, 0.25) is 0 Å². The molecular formula is C12H23N3O. The Kier molecular flexibility index (Phi) is 3.69. The van der Waals surface area contributed by atoms with Crippen molar-refractivity contribution in [2.75, 3.05) is 19.8 Å². The van der Waals surface area contributed by atoms with Crippen molar-refractivity contribution < 1.29 is 4.74 Å². The Morgan fingerprint density at radius 2 is 2.44 bits per heavy atom. The lowest BCUT2D eigenvalue weighted by Crippen LogP contribution is -2.50. The fourth-order valence-corrected chi connectivity index (χ4v) is 2.72. The monoisotopic (exact) mass is 225 g/mol. The zero-order chi connectivity index (χ0) is 11.5. The Morgan fingerprint density at radius 3 is 3.06 bits per heavy atom. The predicted octanol–water partition coefficient (Wildman–Crippen LogP) is 1.21. The zero-order valence-electron chi connectivity index (χ0n) is 10.4. The van der Waals surface area contributed by atoms with Crippen LogP contribution in [-0.4, -0.2) is 42.7 Å². The van der Waals surface area contributed by atoms with Gasteiger partial charge < -0.3 is 15.4 Å². The highest BCUT2D eigenvalue weighted by atomic mass is 16.5. The summed E-state index contributed by atoms with van der Waals surface area (Å²) in [4.78, 5) is 6.71. The molecular weight excluding hydrogens is 202 g/mol. The second kappa shape index (κ2) is 5.04. The first-order valence-corrected chi connectivity index (χ1v) is 6.40. The Labute approximate surface area is 97.9 Å². The molecule has 2 aliphatic rings. The molecule has 0 aromatic carbocycles. The molecule has 0 spiro atoms. The molecule has 2 aliphatic heterocycles. The maximum Gasteiger partial charge on any atom is 0.191 e. The highest BCUT2D eigenvalue weighted by molar-refractivity contribution is 5.80. The molecule has 92 valence electrons. The summed E-state index contributed by atoms with van der Waals surface area (Å²) < 4.78 is 5.57. The summed E-state index contributed by atoms with van der Waals surface area (Å²) >= 11 is 0. The molecule has 0 aromatic rings. The largest absolute Gasteiger partial charge is 0.381 e. The van der Waals surface area contributed by atoms with Crippen LogP contribution in [0.15, 0.2) is 4.99 Å². The van der Waals surface area contributed by atoms with Crippen LogP contribution in [0.1, 0.15) is 33.1 Å². The molecule has 0 radical (unpaired) electrons. The van der Waals surface area contributed by atoms with E-state index >= 15 is 0 Å². The molecule has 3 unspecified atom stereocenters. The van der Waals surface area contributed by atoms with Gasteiger partial charge in [-0.3, -0.25) is 4.99 Å². The van der Waals surface area contributed by atoms with Crippen molar-refractivity contribution in [1.29, 1.82) is 0 Å². The van der Waals surface area contributed by atoms with Gasteiger partial charge in [-0.2, -0.15) is 0 Å². The first kappa shape index (κ1) is 11.7. The molecule has 3 atom stereocenters. The third-order valence-corrected chi connectivity index (χ3v) is 3.87. The van der Waals surface area contributed by atoms with Gasteiger partial charge >= 0.3 is 0 Å². The van der Waals surface area contributed by atoms with Gasteiger partial charge in [0.25, 0.3) is 0 Å². The quantitative estimate of drug-likeness (QED) is 0.785. The van der Waals surface area contributed by atoms with Crippen molar-refractivity contribution in [3.05, 3.63) is 0 Å². The second-order valence-corrected chi connectivity index (χ2v) is 4.91. The normalized spacial score (nSPS) is 32.6. The van der Waals surface area contributed by atoms with Crippen molar-refractivity contribution >= 4 is 5.96 Å². The van der Waals surface area contributed by atoms with Crippen molar-refractivity contribution in [3.8, 4) is 0 Å². The number of ether oxygens (including phenoxy) is 1. The summed E-state index contributed by atoms with van der Waals surface area (Å²) in [5, 5.41) is 0. The lowest BCUT2D eigenvalue weighted by Gasteiger charge is -2.37. The molecule has 0 bridgehead atoms. The average molecular weight is 225 g/mol. The SMILES string of the molecule is CCC(C)N1C(N)=NCC1C1CCCOC1. The Morgan fingerprint density at radius 1 is 1.62 bits per heavy atom. The van der Waals surface area contributed by atoms with Crippen molar-refractivity contribution in [3.63, 3.8) is 0 Å². The summed E-state index contributed by atoms with van der Waals surface area (Å²) in [5.41, 5.74) is 5.99. The number of rotatable bonds is 3. The van der Waals surface area contributed by atoms with Crippen LogP contribution in [0.2, 0.25) is 0 Å². The standard InChI is InChI=1S/C12H23N3O/c1-3-9(2)15-11(7-14-12(15)13)10-5-4-6-16-8-10/h9-11H,3-8H2,1-2H3,(H2,13,14). The summed E-state index contributed by atoms with van der Waals surface area (Å²) in [5.74, 6) is 1.33. The van der Waals surface area contributed by atoms with Crippen LogP contribution in [0.3, 0.4) is 0 Å². The maximum atomic E-state index is 5.99. The Hall–Kier alpha value is -0.770. The van der Waals surface area contributed by atoms with Gasteiger partial charge in [0.15, 0.2) is 5.96 Å². The van der Waals surface area contributed by atoms with E-state index in [1.54, 1.807) is 0 Å². The number of hydrogen-bond donors (Lipinski definition) is 1. The fourth-order valence-electron chi connectivity index (χ4n) is 2.72. The van der Waals surface area contributed by atoms with E-state index in [9.17, 15) is 0 Å². The average Bonchev–Trinajstić information content (AvgIpc) is 2.71. The predicted molar refractivity (Wildman–Crippen MR) is 65.4 cm³/mol. The molecule has 2 rings (SSSR count). The molecule has 16 heavy (non-hydrogen) atoms. The van der Waals surface area contributed by atoms with Gasteiger partial charge in [-0.15, -0.1) is 0 Å². The second-order valence-electron chi connectivity index (χ2n) is 4.91. The van der Waals surface area contributed by atoms with E-state index in [0.717, 1.165) is 32.1 Å². The number of aliphatic imine (C=N–C) groups is 1. The van der Waals surface area contributed by atoms with Crippen LogP contribution in [0, 0.1) is 5.92 Å². The van der Waals surface area contributed by atoms with E-state index in [1.165, 1.54) is 12.8 Å². The Bertz CT molecular complexity index is 261. The summed E-state index contributed by atoms with van der Waals surface area (Å²) in [7, 11) is 0. The van der Waals surface area contributed by atoms with Gasteiger partial charge in [-0.05, 0) is 26.2 Å². The minimum Gasteiger partial charge on any atom is -0.381 e. The highest BCUT2D eigenvalue weighted by Crippen LogP contribution is 2.26. The Balaban J connectivity index is 2.03.